The molecule has 4 aromatic rings. The molecule has 3 aromatic carbocycles. The first-order valence-electron chi connectivity index (χ1n) is 12.5. The second-order valence-corrected chi connectivity index (χ2v) is 9.49. The van der Waals surface area contributed by atoms with Crippen molar-refractivity contribution in [2.45, 2.75) is 13.8 Å². The number of halogens is 1. The summed E-state index contributed by atoms with van der Waals surface area (Å²) in [5, 5.41) is 6.70. The number of hydrogen-bond acceptors (Lipinski definition) is 7. The largest absolute Gasteiger partial charge is 0.494 e. The van der Waals surface area contributed by atoms with Gasteiger partial charge in [-0.05, 0) is 48.9 Å². The van der Waals surface area contributed by atoms with Crippen molar-refractivity contribution in [2.75, 3.05) is 50.6 Å². The van der Waals surface area contributed by atoms with Crippen LogP contribution in [0.5, 0.6) is 5.75 Å². The Balaban J connectivity index is 1.34. The van der Waals surface area contributed by atoms with Gasteiger partial charge in [-0.15, -0.1) is 0 Å². The highest BCUT2D eigenvalue weighted by Gasteiger charge is 2.21. The lowest BCUT2D eigenvalue weighted by atomic mass is 9.97. The number of ether oxygens (including phenoxy) is 1. The Morgan fingerprint density at radius 2 is 1.71 bits per heavy atom. The number of carbonyl (C=O) groups is 1. The van der Waals surface area contributed by atoms with E-state index >= 15 is 0 Å². The molecule has 0 aliphatic carbocycles. The molecule has 0 spiro atoms. The van der Waals surface area contributed by atoms with E-state index in [1.807, 2.05) is 43.3 Å². The molecule has 1 aliphatic heterocycles. The number of methoxy groups -OCH3 is 1. The summed E-state index contributed by atoms with van der Waals surface area (Å²) in [4.78, 5) is 21.8. The summed E-state index contributed by atoms with van der Waals surface area (Å²) in [6, 6.07) is 16.3. The van der Waals surface area contributed by atoms with E-state index in [0.29, 0.717) is 23.0 Å². The predicted octanol–water partition coefficient (Wildman–Crippen LogP) is 5.17. The summed E-state index contributed by atoms with van der Waals surface area (Å²) in [7, 11) is 3.60. The fourth-order valence-electron chi connectivity index (χ4n) is 4.64. The number of hydrogen-bond donors (Lipinski definition) is 1. The normalized spacial score (nSPS) is 14.0. The molecule has 1 aliphatic rings. The highest BCUT2D eigenvalue weighted by molar-refractivity contribution is 6.05. The van der Waals surface area contributed by atoms with Crippen LogP contribution in [0.1, 0.15) is 21.8 Å². The van der Waals surface area contributed by atoms with E-state index in [9.17, 15) is 9.18 Å². The number of piperazine rings is 1. The van der Waals surface area contributed by atoms with E-state index < -0.39 is 5.82 Å². The monoisotopic (exact) mass is 515 g/mol. The minimum Gasteiger partial charge on any atom is -0.494 e. The van der Waals surface area contributed by atoms with E-state index in [-0.39, 0.29) is 11.6 Å². The van der Waals surface area contributed by atoms with Crippen LogP contribution in [0.2, 0.25) is 0 Å². The van der Waals surface area contributed by atoms with Gasteiger partial charge in [0.05, 0.1) is 18.5 Å². The first-order chi connectivity index (χ1) is 18.3. The molecule has 1 fully saturated rings. The Labute approximate surface area is 221 Å². The van der Waals surface area contributed by atoms with Crippen LogP contribution in [0.15, 0.2) is 59.1 Å². The first-order valence-corrected chi connectivity index (χ1v) is 12.5. The molecule has 1 saturated heterocycles. The van der Waals surface area contributed by atoms with Crippen LogP contribution in [0.4, 0.5) is 15.8 Å². The minimum absolute atomic E-state index is 0.124. The smallest absolute Gasteiger partial charge is 0.255 e. The van der Waals surface area contributed by atoms with Gasteiger partial charge in [-0.2, -0.15) is 4.98 Å². The lowest BCUT2D eigenvalue weighted by Crippen LogP contribution is -2.44. The second kappa shape index (κ2) is 10.6. The number of benzene rings is 3. The summed E-state index contributed by atoms with van der Waals surface area (Å²) in [5.74, 6) is 0.582. The Kier molecular flexibility index (Phi) is 7.11. The van der Waals surface area contributed by atoms with Crippen molar-refractivity contribution in [3.05, 3.63) is 77.4 Å². The third kappa shape index (κ3) is 5.24. The van der Waals surface area contributed by atoms with Crippen LogP contribution in [0.25, 0.3) is 22.5 Å². The van der Waals surface area contributed by atoms with Crippen LogP contribution in [0.3, 0.4) is 0 Å². The topological polar surface area (TPSA) is 83.7 Å². The number of likely N-dealkylation sites (N-methyl/N-ethyl adjacent to an activating group) is 1. The van der Waals surface area contributed by atoms with Gasteiger partial charge in [0.1, 0.15) is 5.75 Å². The lowest BCUT2D eigenvalue weighted by molar-refractivity contribution is 0.102. The molecule has 0 unspecified atom stereocenters. The van der Waals surface area contributed by atoms with Crippen LogP contribution >= 0.6 is 0 Å². The third-order valence-corrected chi connectivity index (χ3v) is 6.83. The van der Waals surface area contributed by atoms with E-state index in [2.05, 4.69) is 32.3 Å². The third-order valence-electron chi connectivity index (χ3n) is 6.83. The number of nitrogens with zero attached hydrogens (tertiary/aromatic N) is 4. The standard InChI is InChI=1S/C29H30FN5O3/c1-18-15-22(9-10-23(18)20-5-7-21(8-6-20)28-31-19(2)38-33-28)29(36)32-25-17-26(27(37-4)16-24(25)30)35-13-11-34(3)12-14-35/h5-10,15-17H,11-14H2,1-4H3,(H,32,36). The average Bonchev–Trinajstić information content (AvgIpc) is 3.36. The van der Waals surface area contributed by atoms with Crippen molar-refractivity contribution in [1.29, 1.82) is 0 Å². The van der Waals surface area contributed by atoms with Gasteiger partial charge in [0, 0.05) is 50.3 Å². The zero-order valence-electron chi connectivity index (χ0n) is 21.9. The predicted molar refractivity (Wildman–Crippen MR) is 145 cm³/mol. The first kappa shape index (κ1) is 25.4. The van der Waals surface area contributed by atoms with Crippen molar-refractivity contribution in [3.63, 3.8) is 0 Å². The van der Waals surface area contributed by atoms with Crippen LogP contribution in [0, 0.1) is 19.7 Å². The van der Waals surface area contributed by atoms with Crippen molar-refractivity contribution in [3.8, 4) is 28.3 Å². The number of nitrogens with one attached hydrogen (secondary N) is 1. The van der Waals surface area contributed by atoms with Gasteiger partial charge in [-0.25, -0.2) is 4.39 Å². The average molecular weight is 516 g/mol. The van der Waals surface area contributed by atoms with Crippen molar-refractivity contribution in [1.82, 2.24) is 15.0 Å². The minimum atomic E-state index is -0.543. The quantitative estimate of drug-likeness (QED) is 0.379. The Bertz CT molecular complexity index is 1460. The maximum Gasteiger partial charge on any atom is 0.255 e. The maximum atomic E-state index is 14.9. The number of rotatable bonds is 6. The Hall–Kier alpha value is -4.24. The highest BCUT2D eigenvalue weighted by Crippen LogP contribution is 2.35. The van der Waals surface area contributed by atoms with E-state index in [4.69, 9.17) is 9.26 Å². The van der Waals surface area contributed by atoms with E-state index in [1.54, 1.807) is 19.1 Å². The number of carbonyl (C=O) groups excluding carboxylic acids is 1. The Morgan fingerprint density at radius 1 is 1.00 bits per heavy atom. The number of amides is 1. The Morgan fingerprint density at radius 3 is 2.34 bits per heavy atom. The second-order valence-electron chi connectivity index (χ2n) is 9.49. The molecule has 38 heavy (non-hydrogen) atoms. The van der Waals surface area contributed by atoms with Crippen LogP contribution in [-0.2, 0) is 0 Å². The zero-order valence-corrected chi connectivity index (χ0v) is 21.9. The van der Waals surface area contributed by atoms with Gasteiger partial charge in [0.25, 0.3) is 5.91 Å². The van der Waals surface area contributed by atoms with Crippen LogP contribution in [-0.4, -0.2) is 61.3 Å². The molecule has 2 heterocycles. The van der Waals surface area contributed by atoms with E-state index in [0.717, 1.165) is 54.1 Å². The summed E-state index contributed by atoms with van der Waals surface area (Å²) < 4.78 is 25.4. The molecule has 8 nitrogen and oxygen atoms in total. The summed E-state index contributed by atoms with van der Waals surface area (Å²) >= 11 is 0. The van der Waals surface area contributed by atoms with E-state index in [1.165, 1.54) is 13.2 Å². The molecule has 9 heteroatoms. The summed E-state index contributed by atoms with van der Waals surface area (Å²) in [6.45, 7) is 7.08. The number of anilines is 2. The van der Waals surface area contributed by atoms with Crippen molar-refractivity contribution < 1.29 is 18.4 Å². The summed E-state index contributed by atoms with van der Waals surface area (Å²) in [6.07, 6.45) is 0. The van der Waals surface area contributed by atoms with Gasteiger partial charge < -0.3 is 24.4 Å². The van der Waals surface area contributed by atoms with Crippen LogP contribution < -0.4 is 15.0 Å². The molecule has 0 saturated carbocycles. The lowest BCUT2D eigenvalue weighted by Gasteiger charge is -2.35. The molecule has 5 rings (SSSR count). The summed E-state index contributed by atoms with van der Waals surface area (Å²) in [5.41, 5.74) is 5.11. The number of aromatic nitrogens is 2. The van der Waals surface area contributed by atoms with Gasteiger partial charge in [-0.3, -0.25) is 4.79 Å². The molecule has 0 radical (unpaired) electrons. The SMILES string of the molecule is COc1cc(F)c(NC(=O)c2ccc(-c3ccc(-c4noc(C)n4)cc3)c(C)c2)cc1N1CCN(C)CC1. The molecule has 196 valence electrons. The highest BCUT2D eigenvalue weighted by atomic mass is 19.1. The van der Waals surface area contributed by atoms with Gasteiger partial charge in [-0.1, -0.05) is 35.5 Å². The molecule has 1 N–H and O–H groups in total. The molecular weight excluding hydrogens is 485 g/mol. The molecular formula is C29H30FN5O3. The van der Waals surface area contributed by atoms with Crippen molar-refractivity contribution >= 4 is 17.3 Å². The molecule has 1 aromatic heterocycles. The fourth-order valence-corrected chi connectivity index (χ4v) is 4.64. The zero-order chi connectivity index (χ0) is 26.8. The van der Waals surface area contributed by atoms with Crippen molar-refractivity contribution in [2.24, 2.45) is 0 Å². The van der Waals surface area contributed by atoms with Gasteiger partial charge >= 0.3 is 0 Å². The van der Waals surface area contributed by atoms with Gasteiger partial charge in [0.15, 0.2) is 5.82 Å². The fraction of sp³-hybridized carbons (Fsp3) is 0.276. The molecule has 0 bridgehead atoms. The molecule has 1 amide bonds. The van der Waals surface area contributed by atoms with Gasteiger partial charge in [0.2, 0.25) is 11.7 Å². The number of aryl methyl sites for hydroxylation is 2. The molecule has 0 atom stereocenters. The maximum absolute atomic E-state index is 14.9.